The van der Waals surface area contributed by atoms with E-state index in [0.717, 1.165) is 5.56 Å². The quantitative estimate of drug-likeness (QED) is 0.688. The molecule has 3 aromatic rings. The molecule has 0 saturated carbocycles. The fraction of sp³-hybridized carbons (Fsp3) is 0.250. The lowest BCUT2D eigenvalue weighted by molar-refractivity contribution is 0.0388. The van der Waals surface area contributed by atoms with Gasteiger partial charge in [-0.1, -0.05) is 18.2 Å². The van der Waals surface area contributed by atoms with Crippen LogP contribution < -0.4 is 10.5 Å². The second kappa shape index (κ2) is 7.58. The first-order valence-electron chi connectivity index (χ1n) is 8.87. The van der Waals surface area contributed by atoms with Crippen molar-refractivity contribution >= 4 is 5.95 Å². The minimum absolute atomic E-state index is 0.168. The Morgan fingerprint density at radius 1 is 1.25 bits per heavy atom. The molecule has 0 radical (unpaired) electrons. The van der Waals surface area contributed by atoms with Crippen molar-refractivity contribution in [2.24, 2.45) is 7.05 Å². The van der Waals surface area contributed by atoms with Crippen molar-refractivity contribution < 1.29 is 4.74 Å². The number of rotatable bonds is 3. The van der Waals surface area contributed by atoms with Crippen LogP contribution in [0.1, 0.15) is 17.2 Å². The third-order valence-electron chi connectivity index (χ3n) is 4.73. The molecule has 1 saturated heterocycles. The zero-order valence-corrected chi connectivity index (χ0v) is 15.3. The number of hydrogen-bond acceptors (Lipinski definition) is 7. The SMILES string of the molecule is Cn1c(N2CCO[C@@H](c3ccccc3C#N)C2)nc(-c2ccncn2)cc1=O. The van der Waals surface area contributed by atoms with E-state index in [0.29, 0.717) is 42.6 Å². The highest BCUT2D eigenvalue weighted by Crippen LogP contribution is 2.27. The van der Waals surface area contributed by atoms with Crippen LogP contribution in [-0.4, -0.2) is 39.2 Å². The molecule has 3 heterocycles. The molecule has 1 aliphatic heterocycles. The Morgan fingerprint density at radius 2 is 2.11 bits per heavy atom. The summed E-state index contributed by atoms with van der Waals surface area (Å²) < 4.78 is 7.43. The summed E-state index contributed by atoms with van der Waals surface area (Å²) in [4.78, 5) is 27.3. The van der Waals surface area contributed by atoms with Gasteiger partial charge in [-0.15, -0.1) is 0 Å². The van der Waals surface area contributed by atoms with Crippen molar-refractivity contribution in [2.75, 3.05) is 24.6 Å². The van der Waals surface area contributed by atoms with Gasteiger partial charge < -0.3 is 9.64 Å². The van der Waals surface area contributed by atoms with Gasteiger partial charge in [0.1, 0.15) is 12.4 Å². The first-order chi connectivity index (χ1) is 13.7. The number of aromatic nitrogens is 4. The lowest BCUT2D eigenvalue weighted by atomic mass is 10.0. The van der Waals surface area contributed by atoms with E-state index < -0.39 is 0 Å². The maximum Gasteiger partial charge on any atom is 0.255 e. The third kappa shape index (κ3) is 3.35. The zero-order chi connectivity index (χ0) is 19.5. The molecule has 1 aromatic carbocycles. The van der Waals surface area contributed by atoms with Gasteiger partial charge in [0.25, 0.3) is 5.56 Å². The Hall–Kier alpha value is -3.57. The minimum Gasteiger partial charge on any atom is -0.370 e. The van der Waals surface area contributed by atoms with E-state index >= 15 is 0 Å². The number of morpholine rings is 1. The molecular formula is C20H18N6O2. The van der Waals surface area contributed by atoms with Gasteiger partial charge in [0.2, 0.25) is 5.95 Å². The number of nitriles is 1. The van der Waals surface area contributed by atoms with Gasteiger partial charge in [-0.3, -0.25) is 9.36 Å². The van der Waals surface area contributed by atoms with Crippen LogP contribution >= 0.6 is 0 Å². The third-order valence-corrected chi connectivity index (χ3v) is 4.73. The summed E-state index contributed by atoms with van der Waals surface area (Å²) in [6, 6.07) is 12.8. The number of hydrogen-bond donors (Lipinski definition) is 0. The Balaban J connectivity index is 1.70. The standard InChI is InChI=1S/C20H18N6O2/c1-25-19(27)10-17(16-6-7-22-13-23-16)24-20(25)26-8-9-28-18(12-26)15-5-3-2-4-14(15)11-21/h2-7,10,13,18H,8-9,12H2,1H3/t18-/m1/s1. The van der Waals surface area contributed by atoms with Crippen molar-refractivity contribution in [3.63, 3.8) is 0 Å². The van der Waals surface area contributed by atoms with Gasteiger partial charge in [0, 0.05) is 31.4 Å². The van der Waals surface area contributed by atoms with E-state index in [4.69, 9.17) is 4.74 Å². The van der Waals surface area contributed by atoms with Crippen LogP contribution in [0.4, 0.5) is 5.95 Å². The van der Waals surface area contributed by atoms with Crippen molar-refractivity contribution in [2.45, 2.75) is 6.10 Å². The number of ether oxygens (including phenoxy) is 1. The lowest BCUT2D eigenvalue weighted by Crippen LogP contribution is -2.42. The largest absolute Gasteiger partial charge is 0.370 e. The molecule has 1 aliphatic rings. The van der Waals surface area contributed by atoms with E-state index in [-0.39, 0.29) is 11.7 Å². The molecule has 0 spiro atoms. The molecule has 0 unspecified atom stereocenters. The van der Waals surface area contributed by atoms with Crippen molar-refractivity contribution in [3.8, 4) is 17.5 Å². The molecular weight excluding hydrogens is 356 g/mol. The molecule has 0 N–H and O–H groups in total. The molecule has 4 rings (SSSR count). The summed E-state index contributed by atoms with van der Waals surface area (Å²) >= 11 is 0. The van der Waals surface area contributed by atoms with E-state index in [1.165, 1.54) is 17.0 Å². The van der Waals surface area contributed by atoms with E-state index in [2.05, 4.69) is 21.0 Å². The fourth-order valence-corrected chi connectivity index (χ4v) is 3.28. The van der Waals surface area contributed by atoms with Crippen LogP contribution in [0.2, 0.25) is 0 Å². The smallest absolute Gasteiger partial charge is 0.255 e. The molecule has 1 atom stereocenters. The van der Waals surface area contributed by atoms with Crippen LogP contribution in [0, 0.1) is 11.3 Å². The Kier molecular flexibility index (Phi) is 4.83. The minimum atomic E-state index is -0.274. The zero-order valence-electron chi connectivity index (χ0n) is 15.3. The van der Waals surface area contributed by atoms with Crippen molar-refractivity contribution in [3.05, 3.63) is 70.4 Å². The maximum absolute atomic E-state index is 12.5. The van der Waals surface area contributed by atoms with E-state index in [1.807, 2.05) is 23.1 Å². The van der Waals surface area contributed by atoms with Crippen LogP contribution in [0.15, 0.2) is 53.7 Å². The van der Waals surface area contributed by atoms with Gasteiger partial charge in [0.05, 0.1) is 36.2 Å². The lowest BCUT2D eigenvalue weighted by Gasteiger charge is -2.34. The van der Waals surface area contributed by atoms with Gasteiger partial charge in [-0.2, -0.15) is 5.26 Å². The van der Waals surface area contributed by atoms with Crippen LogP contribution in [0.5, 0.6) is 0 Å². The van der Waals surface area contributed by atoms with Crippen LogP contribution in [0.3, 0.4) is 0 Å². The highest BCUT2D eigenvalue weighted by Gasteiger charge is 2.26. The molecule has 8 heteroatoms. The fourth-order valence-electron chi connectivity index (χ4n) is 3.28. The highest BCUT2D eigenvalue weighted by atomic mass is 16.5. The maximum atomic E-state index is 12.5. The predicted octanol–water partition coefficient (Wildman–Crippen LogP) is 1.69. The summed E-state index contributed by atoms with van der Waals surface area (Å²) in [6.45, 7) is 1.56. The molecule has 28 heavy (non-hydrogen) atoms. The average molecular weight is 374 g/mol. The molecule has 1 fully saturated rings. The number of anilines is 1. The van der Waals surface area contributed by atoms with Crippen molar-refractivity contribution in [1.29, 1.82) is 5.26 Å². The summed E-state index contributed by atoms with van der Waals surface area (Å²) in [7, 11) is 1.70. The average Bonchev–Trinajstić information content (AvgIpc) is 2.76. The van der Waals surface area contributed by atoms with Crippen LogP contribution in [0.25, 0.3) is 11.4 Å². The molecule has 8 nitrogen and oxygen atoms in total. The van der Waals surface area contributed by atoms with Gasteiger partial charge in [-0.05, 0) is 12.1 Å². The first kappa shape index (κ1) is 17.8. The number of benzene rings is 1. The Bertz CT molecular complexity index is 1090. The summed E-state index contributed by atoms with van der Waals surface area (Å²) in [6.07, 6.45) is 2.77. The topological polar surface area (TPSA) is 96.9 Å². The second-order valence-electron chi connectivity index (χ2n) is 6.44. The van der Waals surface area contributed by atoms with Crippen LogP contribution in [-0.2, 0) is 11.8 Å². The van der Waals surface area contributed by atoms with E-state index in [1.54, 1.807) is 25.4 Å². The van der Waals surface area contributed by atoms with E-state index in [9.17, 15) is 10.1 Å². The predicted molar refractivity (Wildman–Crippen MR) is 103 cm³/mol. The molecule has 140 valence electrons. The molecule has 2 aromatic heterocycles. The summed E-state index contributed by atoms with van der Waals surface area (Å²) in [5, 5.41) is 9.39. The number of nitrogens with zero attached hydrogens (tertiary/aromatic N) is 6. The summed E-state index contributed by atoms with van der Waals surface area (Å²) in [5.74, 6) is 0.545. The molecule has 0 amide bonds. The first-order valence-corrected chi connectivity index (χ1v) is 8.87. The molecule has 0 aliphatic carbocycles. The monoisotopic (exact) mass is 374 g/mol. The van der Waals surface area contributed by atoms with Gasteiger partial charge >= 0.3 is 0 Å². The van der Waals surface area contributed by atoms with Gasteiger partial charge in [-0.25, -0.2) is 15.0 Å². The molecule has 0 bridgehead atoms. The van der Waals surface area contributed by atoms with Gasteiger partial charge in [0.15, 0.2) is 0 Å². The Labute approximate surface area is 161 Å². The normalized spacial score (nSPS) is 16.6. The highest BCUT2D eigenvalue weighted by molar-refractivity contribution is 5.55. The second-order valence-corrected chi connectivity index (χ2v) is 6.44. The summed E-state index contributed by atoms with van der Waals surface area (Å²) in [5.41, 5.74) is 2.35. The van der Waals surface area contributed by atoms with Crippen molar-refractivity contribution in [1.82, 2.24) is 19.5 Å². The Morgan fingerprint density at radius 3 is 2.89 bits per heavy atom.